The third kappa shape index (κ3) is 4.08. The molecule has 1 aromatic heterocycles. The number of nitrogen functional groups attached to an aromatic ring is 1. The molecule has 1 heterocycles. The van der Waals surface area contributed by atoms with Gasteiger partial charge in [-0.2, -0.15) is 0 Å². The smallest absolute Gasteiger partial charge is 0.242 e. The quantitative estimate of drug-likeness (QED) is 0.778. The molecule has 6 heteroatoms. The van der Waals surface area contributed by atoms with Crippen molar-refractivity contribution in [2.24, 2.45) is 0 Å². The second-order valence-electron chi connectivity index (χ2n) is 6.42. The van der Waals surface area contributed by atoms with Crippen LogP contribution in [0.15, 0.2) is 6.07 Å². The van der Waals surface area contributed by atoms with Crippen molar-refractivity contribution in [2.45, 2.75) is 58.0 Å². The van der Waals surface area contributed by atoms with Gasteiger partial charge in [-0.15, -0.1) is 0 Å². The molecule has 1 atom stereocenters. The number of aromatic nitrogens is 2. The Labute approximate surface area is 119 Å². The fourth-order valence-electron chi connectivity index (χ4n) is 1.85. The van der Waals surface area contributed by atoms with Crippen molar-refractivity contribution in [3.8, 4) is 0 Å². The summed E-state index contributed by atoms with van der Waals surface area (Å²) in [5.74, 6) is 2.18. The van der Waals surface area contributed by atoms with Gasteiger partial charge in [0.05, 0.1) is 0 Å². The Morgan fingerprint density at radius 2 is 2.05 bits per heavy atom. The molecule has 1 unspecified atom stereocenters. The van der Waals surface area contributed by atoms with Crippen LogP contribution in [0.25, 0.3) is 0 Å². The zero-order valence-corrected chi connectivity index (χ0v) is 12.5. The first kappa shape index (κ1) is 14.6. The SMILES string of the molecule is CC(Nc1cc(N)nc(C2CC2)n1)C(=O)NC(C)(C)C. The van der Waals surface area contributed by atoms with Gasteiger partial charge in [-0.3, -0.25) is 4.79 Å². The van der Waals surface area contributed by atoms with Crippen molar-refractivity contribution in [1.29, 1.82) is 0 Å². The molecule has 110 valence electrons. The van der Waals surface area contributed by atoms with E-state index in [0.717, 1.165) is 18.7 Å². The molecule has 1 fully saturated rings. The van der Waals surface area contributed by atoms with Gasteiger partial charge in [0.1, 0.15) is 23.5 Å². The van der Waals surface area contributed by atoms with Gasteiger partial charge in [-0.05, 0) is 40.5 Å². The standard InChI is InChI=1S/C14H23N5O/c1-8(13(20)19-14(2,3)4)16-11-7-10(15)17-12(18-11)9-5-6-9/h7-9H,5-6H2,1-4H3,(H,19,20)(H3,15,16,17,18). The van der Waals surface area contributed by atoms with Crippen LogP contribution in [0.3, 0.4) is 0 Å². The molecule has 1 aliphatic carbocycles. The van der Waals surface area contributed by atoms with Gasteiger partial charge in [-0.1, -0.05) is 0 Å². The highest BCUT2D eigenvalue weighted by atomic mass is 16.2. The van der Waals surface area contributed by atoms with E-state index in [4.69, 9.17) is 5.73 Å². The Bertz CT molecular complexity index is 505. The highest BCUT2D eigenvalue weighted by molar-refractivity contribution is 5.84. The zero-order chi connectivity index (χ0) is 14.9. The van der Waals surface area contributed by atoms with Crippen molar-refractivity contribution in [3.05, 3.63) is 11.9 Å². The van der Waals surface area contributed by atoms with E-state index in [9.17, 15) is 4.79 Å². The summed E-state index contributed by atoms with van der Waals surface area (Å²) in [5.41, 5.74) is 5.53. The summed E-state index contributed by atoms with van der Waals surface area (Å²) >= 11 is 0. The second kappa shape index (κ2) is 5.26. The topological polar surface area (TPSA) is 92.9 Å². The number of carbonyl (C=O) groups excluding carboxylic acids is 1. The third-order valence-electron chi connectivity index (χ3n) is 2.96. The van der Waals surface area contributed by atoms with Gasteiger partial charge in [0, 0.05) is 17.5 Å². The Morgan fingerprint density at radius 3 is 2.60 bits per heavy atom. The van der Waals surface area contributed by atoms with Crippen molar-refractivity contribution < 1.29 is 4.79 Å². The normalized spacial score (nSPS) is 16.6. The van der Waals surface area contributed by atoms with Crippen LogP contribution in [-0.4, -0.2) is 27.5 Å². The number of anilines is 2. The number of hydrogen-bond donors (Lipinski definition) is 3. The van der Waals surface area contributed by atoms with Gasteiger partial charge in [0.25, 0.3) is 0 Å². The van der Waals surface area contributed by atoms with E-state index in [2.05, 4.69) is 20.6 Å². The van der Waals surface area contributed by atoms with Crippen LogP contribution in [0.1, 0.15) is 52.3 Å². The lowest BCUT2D eigenvalue weighted by Crippen LogP contribution is -2.47. The molecule has 0 bridgehead atoms. The fraction of sp³-hybridized carbons (Fsp3) is 0.643. The first-order valence-electron chi connectivity index (χ1n) is 6.97. The number of carbonyl (C=O) groups is 1. The van der Waals surface area contributed by atoms with E-state index in [1.807, 2.05) is 20.8 Å². The molecular weight excluding hydrogens is 254 g/mol. The van der Waals surface area contributed by atoms with Crippen LogP contribution in [0.4, 0.5) is 11.6 Å². The van der Waals surface area contributed by atoms with E-state index in [-0.39, 0.29) is 17.5 Å². The maximum absolute atomic E-state index is 12.0. The minimum absolute atomic E-state index is 0.0670. The van der Waals surface area contributed by atoms with Crippen LogP contribution < -0.4 is 16.4 Å². The van der Waals surface area contributed by atoms with Crippen molar-refractivity contribution in [2.75, 3.05) is 11.1 Å². The first-order chi connectivity index (χ1) is 9.24. The summed E-state index contributed by atoms with van der Waals surface area (Å²) in [7, 11) is 0. The lowest BCUT2D eigenvalue weighted by Gasteiger charge is -2.24. The minimum Gasteiger partial charge on any atom is -0.384 e. The van der Waals surface area contributed by atoms with E-state index < -0.39 is 0 Å². The molecule has 1 amide bonds. The molecule has 20 heavy (non-hydrogen) atoms. The van der Waals surface area contributed by atoms with Crippen LogP contribution in [0, 0.1) is 0 Å². The summed E-state index contributed by atoms with van der Waals surface area (Å²) < 4.78 is 0. The molecule has 0 aliphatic heterocycles. The van der Waals surface area contributed by atoms with Crippen molar-refractivity contribution in [3.63, 3.8) is 0 Å². The molecule has 1 aromatic rings. The summed E-state index contributed by atoms with van der Waals surface area (Å²) in [6.45, 7) is 7.65. The molecule has 0 saturated heterocycles. The van der Waals surface area contributed by atoms with Gasteiger partial charge in [-0.25, -0.2) is 9.97 Å². The number of nitrogens with two attached hydrogens (primary N) is 1. The summed E-state index contributed by atoms with van der Waals surface area (Å²) in [6.07, 6.45) is 2.23. The number of amides is 1. The molecule has 1 saturated carbocycles. The predicted molar refractivity (Wildman–Crippen MR) is 79.4 cm³/mol. The lowest BCUT2D eigenvalue weighted by molar-refractivity contribution is -0.122. The van der Waals surface area contributed by atoms with E-state index in [0.29, 0.717) is 17.6 Å². The molecule has 0 aromatic carbocycles. The average molecular weight is 277 g/mol. The monoisotopic (exact) mass is 277 g/mol. The summed E-state index contributed by atoms with van der Waals surface area (Å²) in [6, 6.07) is 1.28. The Morgan fingerprint density at radius 1 is 1.40 bits per heavy atom. The first-order valence-corrected chi connectivity index (χ1v) is 6.97. The van der Waals surface area contributed by atoms with Gasteiger partial charge >= 0.3 is 0 Å². The largest absolute Gasteiger partial charge is 0.384 e. The Balaban J connectivity index is 2.03. The Kier molecular flexibility index (Phi) is 3.83. The Hall–Kier alpha value is -1.85. The maximum atomic E-state index is 12.0. The predicted octanol–water partition coefficient (Wildman–Crippen LogP) is 1.65. The second-order valence-corrected chi connectivity index (χ2v) is 6.42. The van der Waals surface area contributed by atoms with Crippen LogP contribution in [0.2, 0.25) is 0 Å². The van der Waals surface area contributed by atoms with Gasteiger partial charge < -0.3 is 16.4 Å². The van der Waals surface area contributed by atoms with Crippen molar-refractivity contribution >= 4 is 17.5 Å². The lowest BCUT2D eigenvalue weighted by atomic mass is 10.1. The van der Waals surface area contributed by atoms with Gasteiger partial charge in [0.2, 0.25) is 5.91 Å². The number of nitrogens with zero attached hydrogens (tertiary/aromatic N) is 2. The van der Waals surface area contributed by atoms with Gasteiger partial charge in [0.15, 0.2) is 0 Å². The molecule has 1 aliphatic rings. The van der Waals surface area contributed by atoms with E-state index >= 15 is 0 Å². The molecule has 6 nitrogen and oxygen atoms in total. The number of nitrogens with one attached hydrogen (secondary N) is 2. The molecule has 0 spiro atoms. The van der Waals surface area contributed by atoms with Crippen LogP contribution in [0.5, 0.6) is 0 Å². The number of hydrogen-bond acceptors (Lipinski definition) is 5. The molecule has 2 rings (SSSR count). The zero-order valence-electron chi connectivity index (χ0n) is 12.5. The molecule has 4 N–H and O–H groups in total. The highest BCUT2D eigenvalue weighted by Gasteiger charge is 2.27. The third-order valence-corrected chi connectivity index (χ3v) is 2.96. The fourth-order valence-corrected chi connectivity index (χ4v) is 1.85. The number of rotatable bonds is 4. The summed E-state index contributed by atoms with van der Waals surface area (Å²) in [5, 5.41) is 6.01. The van der Waals surface area contributed by atoms with Crippen molar-refractivity contribution in [1.82, 2.24) is 15.3 Å². The molecule has 0 radical (unpaired) electrons. The average Bonchev–Trinajstić information content (AvgIpc) is 3.09. The molecular formula is C14H23N5O. The van der Waals surface area contributed by atoms with Crippen LogP contribution >= 0.6 is 0 Å². The summed E-state index contributed by atoms with van der Waals surface area (Å²) in [4.78, 5) is 20.7. The van der Waals surface area contributed by atoms with E-state index in [1.54, 1.807) is 13.0 Å². The highest BCUT2D eigenvalue weighted by Crippen LogP contribution is 2.38. The minimum atomic E-state index is -0.379. The van der Waals surface area contributed by atoms with E-state index in [1.165, 1.54) is 0 Å². The van der Waals surface area contributed by atoms with Crippen LogP contribution in [-0.2, 0) is 4.79 Å². The maximum Gasteiger partial charge on any atom is 0.242 e.